The first-order chi connectivity index (χ1) is 7.47. The standard InChI is InChI=1S/C11H9ClO2S2/c1-8-3-2-4-9(7-8)10-5-6-11(15-10)16(12,13)14/h2-7H,1H3. The molecule has 0 radical (unpaired) electrons. The quantitative estimate of drug-likeness (QED) is 0.782. The first-order valence-corrected chi connectivity index (χ1v) is 7.71. The molecule has 2 nitrogen and oxygen atoms in total. The SMILES string of the molecule is Cc1cccc(-c2ccc(S(=O)(=O)Cl)s2)c1. The Hall–Kier alpha value is -0.840. The Morgan fingerprint density at radius 2 is 1.94 bits per heavy atom. The van der Waals surface area contributed by atoms with Gasteiger partial charge in [0.05, 0.1) is 0 Å². The third-order valence-electron chi connectivity index (χ3n) is 2.12. The van der Waals surface area contributed by atoms with Crippen molar-refractivity contribution in [2.75, 3.05) is 0 Å². The van der Waals surface area contributed by atoms with E-state index in [1.807, 2.05) is 31.2 Å². The van der Waals surface area contributed by atoms with Crippen LogP contribution in [0.1, 0.15) is 5.56 Å². The number of hydrogen-bond acceptors (Lipinski definition) is 3. The van der Waals surface area contributed by atoms with E-state index >= 15 is 0 Å². The molecule has 0 saturated carbocycles. The van der Waals surface area contributed by atoms with E-state index in [9.17, 15) is 8.42 Å². The Morgan fingerprint density at radius 1 is 1.19 bits per heavy atom. The molecule has 0 aliphatic carbocycles. The third-order valence-corrected chi connectivity index (χ3v) is 5.35. The minimum absolute atomic E-state index is 0.186. The molecular formula is C11H9ClO2S2. The summed E-state index contributed by atoms with van der Waals surface area (Å²) in [6, 6.07) is 11.2. The van der Waals surface area contributed by atoms with Gasteiger partial charge in [-0.3, -0.25) is 0 Å². The van der Waals surface area contributed by atoms with E-state index in [4.69, 9.17) is 10.7 Å². The highest BCUT2D eigenvalue weighted by atomic mass is 35.7. The smallest absolute Gasteiger partial charge is 0.206 e. The monoisotopic (exact) mass is 272 g/mol. The van der Waals surface area contributed by atoms with E-state index in [-0.39, 0.29) is 4.21 Å². The number of benzene rings is 1. The average Bonchev–Trinajstić information content (AvgIpc) is 2.65. The molecule has 0 bridgehead atoms. The lowest BCUT2D eigenvalue weighted by Crippen LogP contribution is -1.83. The van der Waals surface area contributed by atoms with E-state index in [1.165, 1.54) is 17.4 Å². The maximum absolute atomic E-state index is 11.1. The minimum atomic E-state index is -3.61. The molecular weight excluding hydrogens is 264 g/mol. The Morgan fingerprint density at radius 3 is 2.50 bits per heavy atom. The van der Waals surface area contributed by atoms with Gasteiger partial charge in [0, 0.05) is 15.6 Å². The molecule has 1 heterocycles. The van der Waals surface area contributed by atoms with Crippen molar-refractivity contribution in [1.29, 1.82) is 0 Å². The van der Waals surface area contributed by atoms with Crippen molar-refractivity contribution in [2.45, 2.75) is 11.1 Å². The van der Waals surface area contributed by atoms with Gasteiger partial charge in [-0.2, -0.15) is 0 Å². The van der Waals surface area contributed by atoms with Gasteiger partial charge < -0.3 is 0 Å². The molecule has 84 valence electrons. The molecule has 0 spiro atoms. The van der Waals surface area contributed by atoms with Gasteiger partial charge in [-0.15, -0.1) is 11.3 Å². The Kier molecular flexibility index (Phi) is 3.06. The van der Waals surface area contributed by atoms with Crippen LogP contribution >= 0.6 is 22.0 Å². The molecule has 1 aromatic carbocycles. The van der Waals surface area contributed by atoms with Gasteiger partial charge in [0.2, 0.25) is 0 Å². The van der Waals surface area contributed by atoms with Crippen molar-refractivity contribution >= 4 is 31.1 Å². The fourth-order valence-electron chi connectivity index (χ4n) is 1.40. The highest BCUT2D eigenvalue weighted by Gasteiger charge is 2.13. The second-order valence-electron chi connectivity index (χ2n) is 3.43. The van der Waals surface area contributed by atoms with Crippen molar-refractivity contribution in [3.8, 4) is 10.4 Å². The third kappa shape index (κ3) is 2.45. The van der Waals surface area contributed by atoms with Crippen molar-refractivity contribution < 1.29 is 8.42 Å². The maximum Gasteiger partial charge on any atom is 0.270 e. The van der Waals surface area contributed by atoms with E-state index in [0.717, 1.165) is 16.0 Å². The van der Waals surface area contributed by atoms with Crippen LogP contribution in [0.3, 0.4) is 0 Å². The molecule has 0 amide bonds. The number of rotatable bonds is 2. The van der Waals surface area contributed by atoms with Crippen molar-refractivity contribution in [2.24, 2.45) is 0 Å². The van der Waals surface area contributed by atoms with E-state index in [2.05, 4.69) is 0 Å². The van der Waals surface area contributed by atoms with Gasteiger partial charge in [0.1, 0.15) is 4.21 Å². The summed E-state index contributed by atoms with van der Waals surface area (Å²) < 4.78 is 22.4. The molecule has 0 aliphatic rings. The topological polar surface area (TPSA) is 34.1 Å². The summed E-state index contributed by atoms with van der Waals surface area (Å²) in [7, 11) is 1.66. The molecule has 0 aliphatic heterocycles. The van der Waals surface area contributed by atoms with Crippen LogP contribution in [0.5, 0.6) is 0 Å². The number of hydrogen-bond donors (Lipinski definition) is 0. The van der Waals surface area contributed by atoms with Gasteiger partial charge in [0.25, 0.3) is 9.05 Å². The Labute approximate surface area is 103 Å². The van der Waals surface area contributed by atoms with Gasteiger partial charge >= 0.3 is 0 Å². The summed E-state index contributed by atoms with van der Waals surface area (Å²) in [6.45, 7) is 2.00. The number of aryl methyl sites for hydroxylation is 1. The minimum Gasteiger partial charge on any atom is -0.206 e. The molecule has 16 heavy (non-hydrogen) atoms. The van der Waals surface area contributed by atoms with E-state index in [1.54, 1.807) is 6.07 Å². The zero-order valence-corrected chi connectivity index (χ0v) is 10.9. The molecule has 0 saturated heterocycles. The van der Waals surface area contributed by atoms with Crippen LogP contribution < -0.4 is 0 Å². The lowest BCUT2D eigenvalue weighted by molar-refractivity contribution is 0.611. The molecule has 2 rings (SSSR count). The first-order valence-electron chi connectivity index (χ1n) is 4.58. The fourth-order valence-corrected chi connectivity index (χ4v) is 3.47. The summed E-state index contributed by atoms with van der Waals surface area (Å²) in [5.41, 5.74) is 2.15. The molecule has 0 atom stereocenters. The molecule has 1 aromatic heterocycles. The number of halogens is 1. The first kappa shape index (κ1) is 11.6. The second-order valence-corrected chi connectivity index (χ2v) is 7.30. The predicted molar refractivity (Wildman–Crippen MR) is 67.5 cm³/mol. The van der Waals surface area contributed by atoms with Crippen molar-refractivity contribution in [3.63, 3.8) is 0 Å². The fraction of sp³-hybridized carbons (Fsp3) is 0.0909. The van der Waals surface area contributed by atoms with Crippen LogP contribution in [-0.4, -0.2) is 8.42 Å². The molecule has 5 heteroatoms. The van der Waals surface area contributed by atoms with Gasteiger partial charge in [-0.1, -0.05) is 29.8 Å². The Balaban J connectivity index is 2.47. The average molecular weight is 273 g/mol. The highest BCUT2D eigenvalue weighted by molar-refractivity contribution is 8.15. The zero-order valence-electron chi connectivity index (χ0n) is 8.48. The maximum atomic E-state index is 11.1. The van der Waals surface area contributed by atoms with Crippen LogP contribution in [0.4, 0.5) is 0 Å². The molecule has 0 fully saturated rings. The zero-order chi connectivity index (χ0) is 11.8. The van der Waals surface area contributed by atoms with Gasteiger partial charge in [-0.25, -0.2) is 8.42 Å². The van der Waals surface area contributed by atoms with Gasteiger partial charge in [0.15, 0.2) is 0 Å². The summed E-state index contributed by atoms with van der Waals surface area (Å²) in [6.07, 6.45) is 0. The Bertz CT molecular complexity index is 614. The summed E-state index contributed by atoms with van der Waals surface area (Å²) in [5, 5.41) is 0. The highest BCUT2D eigenvalue weighted by Crippen LogP contribution is 2.32. The van der Waals surface area contributed by atoms with Crippen LogP contribution in [-0.2, 0) is 9.05 Å². The van der Waals surface area contributed by atoms with Gasteiger partial charge in [-0.05, 0) is 24.6 Å². The van der Waals surface area contributed by atoms with Crippen molar-refractivity contribution in [1.82, 2.24) is 0 Å². The second kappa shape index (κ2) is 4.20. The van der Waals surface area contributed by atoms with E-state index in [0.29, 0.717) is 0 Å². The largest absolute Gasteiger partial charge is 0.270 e. The molecule has 2 aromatic rings. The number of thiophene rings is 1. The molecule has 0 unspecified atom stereocenters. The normalized spacial score (nSPS) is 11.6. The predicted octanol–water partition coefficient (Wildman–Crippen LogP) is 3.65. The van der Waals surface area contributed by atoms with Crippen molar-refractivity contribution in [3.05, 3.63) is 42.0 Å². The summed E-state index contributed by atoms with van der Waals surface area (Å²) >= 11 is 1.18. The van der Waals surface area contributed by atoms with Crippen LogP contribution in [0.25, 0.3) is 10.4 Å². The van der Waals surface area contributed by atoms with Crippen LogP contribution in [0.2, 0.25) is 0 Å². The molecule has 0 N–H and O–H groups in total. The van der Waals surface area contributed by atoms with Crippen LogP contribution in [0.15, 0.2) is 40.6 Å². The lowest BCUT2D eigenvalue weighted by atomic mass is 10.1. The summed E-state index contributed by atoms with van der Waals surface area (Å²) in [5.74, 6) is 0. The lowest BCUT2D eigenvalue weighted by Gasteiger charge is -1.98. The summed E-state index contributed by atoms with van der Waals surface area (Å²) in [4.78, 5) is 0.905. The van der Waals surface area contributed by atoms with Crippen LogP contribution in [0, 0.1) is 6.92 Å². The van der Waals surface area contributed by atoms with E-state index < -0.39 is 9.05 Å².